The van der Waals surface area contributed by atoms with Gasteiger partial charge in [0.05, 0.1) is 6.20 Å². The van der Waals surface area contributed by atoms with Crippen LogP contribution in [0.4, 0.5) is 10.7 Å². The Labute approximate surface area is 112 Å². The number of piperidine rings is 1. The van der Waals surface area contributed by atoms with Gasteiger partial charge in [0, 0.05) is 18.7 Å². The lowest BCUT2D eigenvalue weighted by Gasteiger charge is -2.33. The second-order valence-electron chi connectivity index (χ2n) is 5.89. The van der Waals surface area contributed by atoms with Crippen LogP contribution in [-0.2, 0) is 4.74 Å². The molecule has 6 heteroatoms. The Morgan fingerprint density at radius 3 is 2.58 bits per heavy atom. The van der Waals surface area contributed by atoms with Crippen LogP contribution in [-0.4, -0.2) is 34.8 Å². The van der Waals surface area contributed by atoms with Gasteiger partial charge in [-0.2, -0.15) is 0 Å². The summed E-state index contributed by atoms with van der Waals surface area (Å²) in [5.74, 6) is 0.695. The summed E-state index contributed by atoms with van der Waals surface area (Å²) in [6, 6.07) is 0. The van der Waals surface area contributed by atoms with Crippen LogP contribution in [0.3, 0.4) is 0 Å². The van der Waals surface area contributed by atoms with Crippen molar-refractivity contribution in [2.45, 2.75) is 45.1 Å². The highest BCUT2D eigenvalue weighted by atomic mass is 16.6. The van der Waals surface area contributed by atoms with E-state index in [4.69, 9.17) is 15.0 Å². The molecule has 2 rings (SSSR count). The van der Waals surface area contributed by atoms with E-state index in [-0.39, 0.29) is 6.09 Å². The summed E-state index contributed by atoms with van der Waals surface area (Å²) in [5.41, 5.74) is 6.21. The smallest absolute Gasteiger partial charge is 0.410 e. The third kappa shape index (κ3) is 3.39. The lowest BCUT2D eigenvalue weighted by atomic mass is 9.91. The fourth-order valence-electron chi connectivity index (χ4n) is 2.26. The first-order valence-corrected chi connectivity index (χ1v) is 6.55. The first-order valence-electron chi connectivity index (χ1n) is 6.55. The summed E-state index contributed by atoms with van der Waals surface area (Å²) in [5, 5.41) is 3.69. The number of anilines is 1. The molecule has 0 aromatic carbocycles. The molecule has 106 valence electrons. The highest BCUT2D eigenvalue weighted by Crippen LogP contribution is 2.31. The fourth-order valence-corrected chi connectivity index (χ4v) is 2.26. The number of nitrogen functional groups attached to an aromatic ring is 1. The van der Waals surface area contributed by atoms with Crippen molar-refractivity contribution < 1.29 is 14.1 Å². The van der Waals surface area contributed by atoms with E-state index in [0.29, 0.717) is 24.9 Å². The van der Waals surface area contributed by atoms with E-state index in [1.54, 1.807) is 11.1 Å². The quantitative estimate of drug-likeness (QED) is 0.844. The van der Waals surface area contributed by atoms with Crippen molar-refractivity contribution in [1.82, 2.24) is 10.1 Å². The number of ether oxygens (including phenoxy) is 1. The molecular formula is C13H21N3O3. The van der Waals surface area contributed by atoms with E-state index < -0.39 is 5.60 Å². The standard InChI is InChI=1S/C13H21N3O3/c1-13(2,3)18-12(17)16-6-4-9(5-7-16)10-8-15-19-11(10)14/h8-9H,4-7,14H2,1-3H3. The Bertz CT molecular complexity index is 442. The number of aromatic nitrogens is 1. The zero-order valence-electron chi connectivity index (χ0n) is 11.7. The zero-order chi connectivity index (χ0) is 14.0. The van der Waals surface area contributed by atoms with E-state index in [1.165, 1.54) is 0 Å². The molecule has 1 aliphatic heterocycles. The molecule has 0 saturated carbocycles. The van der Waals surface area contributed by atoms with Crippen molar-refractivity contribution >= 4 is 12.0 Å². The summed E-state index contributed by atoms with van der Waals surface area (Å²) in [4.78, 5) is 13.7. The molecule has 0 aliphatic carbocycles. The molecule has 1 amide bonds. The Balaban J connectivity index is 1.89. The van der Waals surface area contributed by atoms with Crippen molar-refractivity contribution in [2.75, 3.05) is 18.8 Å². The molecule has 0 radical (unpaired) electrons. The average molecular weight is 267 g/mol. The molecule has 1 aromatic heterocycles. The second kappa shape index (κ2) is 5.11. The predicted octanol–water partition coefficient (Wildman–Crippen LogP) is 2.37. The monoisotopic (exact) mass is 267 g/mol. The van der Waals surface area contributed by atoms with Gasteiger partial charge < -0.3 is 19.9 Å². The Morgan fingerprint density at radius 1 is 1.47 bits per heavy atom. The highest BCUT2D eigenvalue weighted by molar-refractivity contribution is 5.68. The first kappa shape index (κ1) is 13.7. The Hall–Kier alpha value is -1.72. The number of carbonyl (C=O) groups is 1. The maximum atomic E-state index is 11.9. The number of rotatable bonds is 1. The maximum Gasteiger partial charge on any atom is 0.410 e. The number of nitrogens with two attached hydrogens (primary N) is 1. The molecule has 2 N–H and O–H groups in total. The average Bonchev–Trinajstić information content (AvgIpc) is 2.73. The van der Waals surface area contributed by atoms with Gasteiger partial charge in [-0.15, -0.1) is 0 Å². The van der Waals surface area contributed by atoms with E-state index in [1.807, 2.05) is 20.8 Å². The number of hydrogen-bond donors (Lipinski definition) is 1. The number of nitrogens with zero attached hydrogens (tertiary/aromatic N) is 2. The minimum Gasteiger partial charge on any atom is -0.444 e. The lowest BCUT2D eigenvalue weighted by molar-refractivity contribution is 0.0205. The lowest BCUT2D eigenvalue weighted by Crippen LogP contribution is -2.41. The summed E-state index contributed by atoms with van der Waals surface area (Å²) in [6.07, 6.45) is 3.13. The van der Waals surface area contributed by atoms with Gasteiger partial charge in [0.1, 0.15) is 5.60 Å². The molecule has 1 aliphatic rings. The molecule has 0 atom stereocenters. The minimum atomic E-state index is -0.452. The van der Waals surface area contributed by atoms with Crippen LogP contribution in [0.25, 0.3) is 0 Å². The van der Waals surface area contributed by atoms with Crippen molar-refractivity contribution in [3.05, 3.63) is 11.8 Å². The topological polar surface area (TPSA) is 81.6 Å². The number of amides is 1. The van der Waals surface area contributed by atoms with Crippen LogP contribution in [0.1, 0.15) is 45.1 Å². The van der Waals surface area contributed by atoms with E-state index >= 15 is 0 Å². The van der Waals surface area contributed by atoms with Gasteiger partial charge in [0.2, 0.25) is 5.88 Å². The van der Waals surface area contributed by atoms with Gasteiger partial charge in [-0.05, 0) is 39.5 Å². The minimum absolute atomic E-state index is 0.246. The Kier molecular flexibility index (Phi) is 3.68. The molecule has 19 heavy (non-hydrogen) atoms. The molecule has 2 heterocycles. The molecule has 0 spiro atoms. The Morgan fingerprint density at radius 2 is 2.11 bits per heavy atom. The van der Waals surface area contributed by atoms with Gasteiger partial charge in [0.25, 0.3) is 0 Å². The van der Waals surface area contributed by atoms with Gasteiger partial charge in [-0.25, -0.2) is 4.79 Å². The highest BCUT2D eigenvalue weighted by Gasteiger charge is 2.29. The number of carbonyl (C=O) groups excluding carboxylic acids is 1. The van der Waals surface area contributed by atoms with Crippen molar-refractivity contribution in [3.63, 3.8) is 0 Å². The van der Waals surface area contributed by atoms with Crippen LogP contribution in [0.2, 0.25) is 0 Å². The predicted molar refractivity (Wildman–Crippen MR) is 70.7 cm³/mol. The molecule has 6 nitrogen and oxygen atoms in total. The SMILES string of the molecule is CC(C)(C)OC(=O)N1CCC(c2cnoc2N)CC1. The van der Waals surface area contributed by atoms with E-state index in [9.17, 15) is 4.79 Å². The largest absolute Gasteiger partial charge is 0.444 e. The van der Waals surface area contributed by atoms with Crippen LogP contribution < -0.4 is 5.73 Å². The van der Waals surface area contributed by atoms with Crippen LogP contribution in [0, 0.1) is 0 Å². The third-order valence-corrected chi connectivity index (χ3v) is 3.21. The van der Waals surface area contributed by atoms with Crippen LogP contribution in [0.5, 0.6) is 0 Å². The van der Waals surface area contributed by atoms with Gasteiger partial charge in [0.15, 0.2) is 0 Å². The molecule has 0 unspecified atom stereocenters. The number of likely N-dealkylation sites (tertiary alicyclic amines) is 1. The van der Waals surface area contributed by atoms with Crippen molar-refractivity contribution in [2.24, 2.45) is 0 Å². The van der Waals surface area contributed by atoms with Crippen molar-refractivity contribution in [1.29, 1.82) is 0 Å². The maximum absolute atomic E-state index is 11.9. The molecule has 1 saturated heterocycles. The molecule has 1 fully saturated rings. The summed E-state index contributed by atoms with van der Waals surface area (Å²) in [7, 11) is 0. The third-order valence-electron chi connectivity index (χ3n) is 3.21. The van der Waals surface area contributed by atoms with Gasteiger partial charge in [-0.3, -0.25) is 0 Å². The fraction of sp³-hybridized carbons (Fsp3) is 0.692. The van der Waals surface area contributed by atoms with Crippen LogP contribution >= 0.6 is 0 Å². The second-order valence-corrected chi connectivity index (χ2v) is 5.89. The summed E-state index contributed by atoms with van der Waals surface area (Å²) >= 11 is 0. The van der Waals surface area contributed by atoms with Crippen molar-refractivity contribution in [3.8, 4) is 0 Å². The zero-order valence-corrected chi connectivity index (χ0v) is 11.7. The van der Waals surface area contributed by atoms with Gasteiger partial charge in [-0.1, -0.05) is 5.16 Å². The van der Waals surface area contributed by atoms with E-state index in [2.05, 4.69) is 5.16 Å². The molecule has 0 bridgehead atoms. The molecule has 1 aromatic rings. The first-order chi connectivity index (χ1) is 8.87. The molecular weight excluding hydrogens is 246 g/mol. The number of hydrogen-bond acceptors (Lipinski definition) is 5. The summed E-state index contributed by atoms with van der Waals surface area (Å²) in [6.45, 7) is 6.95. The van der Waals surface area contributed by atoms with Crippen LogP contribution in [0.15, 0.2) is 10.7 Å². The summed E-state index contributed by atoms with van der Waals surface area (Å²) < 4.78 is 10.2. The normalized spacial score (nSPS) is 17.5. The van der Waals surface area contributed by atoms with E-state index in [0.717, 1.165) is 18.4 Å². The van der Waals surface area contributed by atoms with Gasteiger partial charge >= 0.3 is 6.09 Å².